The minimum Gasteiger partial charge on any atom is -0.477 e. The van der Waals surface area contributed by atoms with Gasteiger partial charge in [0.15, 0.2) is 0 Å². The Morgan fingerprint density at radius 1 is 1.58 bits per heavy atom. The first-order valence-electron chi connectivity index (χ1n) is 5.70. The molecule has 1 heterocycles. The minimum atomic E-state index is -1.37. The van der Waals surface area contributed by atoms with E-state index in [2.05, 4.69) is 10.3 Å². The Bertz CT molecular complexity index is 527. The number of nitro groups is 1. The molecule has 0 bridgehead atoms. The lowest BCUT2D eigenvalue weighted by Crippen LogP contribution is -2.19. The van der Waals surface area contributed by atoms with E-state index in [-0.39, 0.29) is 17.8 Å². The number of carbonyl (C=O) groups is 1. The van der Waals surface area contributed by atoms with Crippen LogP contribution in [0, 0.1) is 15.5 Å². The molecule has 1 aliphatic rings. The summed E-state index contributed by atoms with van der Waals surface area (Å²) < 4.78 is 0. The molecule has 0 aromatic carbocycles. The zero-order valence-corrected chi connectivity index (χ0v) is 10.00. The zero-order valence-electron chi connectivity index (χ0n) is 10.00. The van der Waals surface area contributed by atoms with E-state index in [1.54, 1.807) is 0 Å². The molecule has 0 aliphatic heterocycles. The second-order valence-corrected chi connectivity index (χ2v) is 4.66. The van der Waals surface area contributed by atoms with Crippen molar-refractivity contribution in [1.82, 2.24) is 4.98 Å². The van der Waals surface area contributed by atoms with Gasteiger partial charge in [-0.25, -0.2) is 9.78 Å². The van der Waals surface area contributed by atoms with Gasteiger partial charge in [0.05, 0.1) is 11.5 Å². The Balaban J connectivity index is 2.16. The van der Waals surface area contributed by atoms with Gasteiger partial charge in [-0.2, -0.15) is 0 Å². The van der Waals surface area contributed by atoms with Gasteiger partial charge in [0.1, 0.15) is 17.6 Å². The average molecular weight is 267 g/mol. The second kappa shape index (κ2) is 4.81. The van der Waals surface area contributed by atoms with Crippen LogP contribution >= 0.6 is 0 Å². The van der Waals surface area contributed by atoms with Gasteiger partial charge < -0.3 is 15.5 Å². The van der Waals surface area contributed by atoms with Crippen LogP contribution in [0.3, 0.4) is 0 Å². The van der Waals surface area contributed by atoms with E-state index in [0.717, 1.165) is 25.1 Å². The molecule has 1 saturated carbocycles. The highest BCUT2D eigenvalue weighted by atomic mass is 16.6. The Hall–Kier alpha value is -2.22. The number of nitrogens with zero attached hydrogens (tertiary/aromatic N) is 2. The SMILES string of the molecule is O=C(O)c1cc(NCC2(CO)CC2)ncc1[N+](=O)[O-]. The van der Waals surface area contributed by atoms with Gasteiger partial charge in [-0.1, -0.05) is 0 Å². The van der Waals surface area contributed by atoms with Crippen molar-refractivity contribution in [3.05, 3.63) is 27.9 Å². The number of carboxylic acids is 1. The predicted octanol–water partition coefficient (Wildman–Crippen LogP) is 0.872. The molecule has 8 heteroatoms. The molecule has 0 amide bonds. The fraction of sp³-hybridized carbons (Fsp3) is 0.455. The number of hydrogen-bond acceptors (Lipinski definition) is 6. The van der Waals surface area contributed by atoms with Crippen LogP contribution < -0.4 is 5.32 Å². The summed E-state index contributed by atoms with van der Waals surface area (Å²) in [5.41, 5.74) is -1.11. The smallest absolute Gasteiger partial charge is 0.342 e. The van der Waals surface area contributed by atoms with Crippen molar-refractivity contribution in [3.63, 3.8) is 0 Å². The van der Waals surface area contributed by atoms with Gasteiger partial charge in [0.2, 0.25) is 0 Å². The van der Waals surface area contributed by atoms with Crippen LogP contribution in [-0.2, 0) is 0 Å². The fourth-order valence-corrected chi connectivity index (χ4v) is 1.71. The molecule has 0 spiro atoms. The van der Waals surface area contributed by atoms with Crippen LogP contribution in [-0.4, -0.2) is 39.2 Å². The lowest BCUT2D eigenvalue weighted by Gasteiger charge is -2.13. The number of carboxylic acid groups (broad SMARTS) is 1. The predicted molar refractivity (Wildman–Crippen MR) is 65.1 cm³/mol. The Labute approximate surface area is 108 Å². The highest BCUT2D eigenvalue weighted by molar-refractivity contribution is 5.93. The van der Waals surface area contributed by atoms with Gasteiger partial charge in [0, 0.05) is 18.0 Å². The molecule has 8 nitrogen and oxygen atoms in total. The molecule has 0 atom stereocenters. The molecule has 19 heavy (non-hydrogen) atoms. The summed E-state index contributed by atoms with van der Waals surface area (Å²) in [4.78, 5) is 24.6. The maximum absolute atomic E-state index is 10.9. The summed E-state index contributed by atoms with van der Waals surface area (Å²) in [6.45, 7) is 0.520. The Morgan fingerprint density at radius 3 is 2.74 bits per heavy atom. The third kappa shape index (κ3) is 2.79. The van der Waals surface area contributed by atoms with Gasteiger partial charge in [-0.3, -0.25) is 10.1 Å². The number of hydrogen-bond donors (Lipinski definition) is 3. The second-order valence-electron chi connectivity index (χ2n) is 4.66. The summed E-state index contributed by atoms with van der Waals surface area (Å²) in [5.74, 6) is -1.12. The maximum atomic E-state index is 10.9. The van der Waals surface area contributed by atoms with Crippen LogP contribution in [0.1, 0.15) is 23.2 Å². The monoisotopic (exact) mass is 267 g/mol. The number of aromatic nitrogens is 1. The topological polar surface area (TPSA) is 126 Å². The normalized spacial score (nSPS) is 15.8. The fourth-order valence-electron chi connectivity index (χ4n) is 1.71. The van der Waals surface area contributed by atoms with E-state index < -0.39 is 22.1 Å². The molecule has 102 valence electrons. The van der Waals surface area contributed by atoms with Gasteiger partial charge in [0.25, 0.3) is 0 Å². The Kier molecular flexibility index (Phi) is 3.34. The van der Waals surface area contributed by atoms with E-state index in [4.69, 9.17) is 10.2 Å². The summed E-state index contributed by atoms with van der Waals surface area (Å²) in [6, 6.07) is 1.13. The van der Waals surface area contributed by atoms with Crippen molar-refractivity contribution in [2.75, 3.05) is 18.5 Å². The van der Waals surface area contributed by atoms with Gasteiger partial charge >= 0.3 is 11.7 Å². The molecular weight excluding hydrogens is 254 g/mol. The largest absolute Gasteiger partial charge is 0.477 e. The highest BCUT2D eigenvalue weighted by Gasteiger charge is 2.41. The van der Waals surface area contributed by atoms with Crippen LogP contribution in [0.2, 0.25) is 0 Å². The Morgan fingerprint density at radius 2 is 2.26 bits per heavy atom. The van der Waals surface area contributed by atoms with Crippen molar-refractivity contribution in [3.8, 4) is 0 Å². The standard InChI is InChI=1S/C11H13N3O5/c15-6-11(1-2-11)5-13-9-3-7(10(16)17)8(4-12-9)14(18)19/h3-4,15H,1-2,5-6H2,(H,12,13)(H,16,17). The number of anilines is 1. The van der Waals surface area contributed by atoms with Crippen molar-refractivity contribution in [2.45, 2.75) is 12.8 Å². The van der Waals surface area contributed by atoms with Gasteiger partial charge in [-0.05, 0) is 12.8 Å². The lowest BCUT2D eigenvalue weighted by molar-refractivity contribution is -0.385. The molecule has 0 radical (unpaired) electrons. The summed E-state index contributed by atoms with van der Waals surface area (Å²) >= 11 is 0. The number of nitrogens with one attached hydrogen (secondary N) is 1. The molecule has 0 saturated heterocycles. The molecule has 0 unspecified atom stereocenters. The van der Waals surface area contributed by atoms with E-state index in [9.17, 15) is 14.9 Å². The zero-order chi connectivity index (χ0) is 14.0. The molecule has 1 fully saturated rings. The van der Waals surface area contributed by atoms with Crippen LogP contribution in [0.4, 0.5) is 11.5 Å². The minimum absolute atomic E-state index is 0.0543. The van der Waals surface area contributed by atoms with Crippen molar-refractivity contribution in [2.24, 2.45) is 5.41 Å². The summed E-state index contributed by atoms with van der Waals surface area (Å²) in [7, 11) is 0. The number of aliphatic hydroxyl groups is 1. The lowest BCUT2D eigenvalue weighted by atomic mass is 10.1. The van der Waals surface area contributed by atoms with Crippen molar-refractivity contribution in [1.29, 1.82) is 0 Å². The first kappa shape index (κ1) is 13.2. The summed E-state index contributed by atoms with van der Waals surface area (Å²) in [5, 5.41) is 31.6. The van der Waals surface area contributed by atoms with E-state index in [1.165, 1.54) is 0 Å². The van der Waals surface area contributed by atoms with E-state index in [1.807, 2.05) is 0 Å². The van der Waals surface area contributed by atoms with Crippen LogP contribution in [0.5, 0.6) is 0 Å². The van der Waals surface area contributed by atoms with Crippen LogP contribution in [0.15, 0.2) is 12.3 Å². The van der Waals surface area contributed by atoms with Crippen LogP contribution in [0.25, 0.3) is 0 Å². The van der Waals surface area contributed by atoms with E-state index >= 15 is 0 Å². The first-order valence-corrected chi connectivity index (χ1v) is 5.70. The molecule has 3 N–H and O–H groups in total. The van der Waals surface area contributed by atoms with Gasteiger partial charge in [-0.15, -0.1) is 0 Å². The number of aromatic carboxylic acids is 1. The quantitative estimate of drug-likeness (QED) is 0.515. The summed E-state index contributed by atoms with van der Waals surface area (Å²) in [6.07, 6.45) is 2.72. The van der Waals surface area contributed by atoms with Crippen molar-refractivity contribution < 1.29 is 19.9 Å². The number of pyridine rings is 1. The third-order valence-electron chi connectivity index (χ3n) is 3.25. The number of aliphatic hydroxyl groups excluding tert-OH is 1. The molecule has 1 aromatic rings. The first-order chi connectivity index (χ1) is 8.97. The van der Waals surface area contributed by atoms with Crippen molar-refractivity contribution >= 4 is 17.5 Å². The molecule has 1 aromatic heterocycles. The molecule has 2 rings (SSSR count). The van der Waals surface area contributed by atoms with E-state index in [0.29, 0.717) is 6.54 Å². The number of rotatable bonds is 6. The molecule has 1 aliphatic carbocycles. The third-order valence-corrected chi connectivity index (χ3v) is 3.25. The average Bonchev–Trinajstić information content (AvgIpc) is 3.16. The highest BCUT2D eigenvalue weighted by Crippen LogP contribution is 2.44. The molecular formula is C11H13N3O5. The maximum Gasteiger partial charge on any atom is 0.342 e.